The first-order valence-corrected chi connectivity index (χ1v) is 10.3. The molecule has 3 rings (SSSR count). The van der Waals surface area contributed by atoms with Crippen LogP contribution in [0.25, 0.3) is 0 Å². The number of halogens is 2. The number of carbonyl (C=O) groups excluding carboxylic acids is 1. The normalized spacial score (nSPS) is 21.5. The number of morpholine rings is 1. The van der Waals surface area contributed by atoms with Gasteiger partial charge in [-0.1, -0.05) is 0 Å². The lowest BCUT2D eigenvalue weighted by atomic mass is 10.0. The Morgan fingerprint density at radius 3 is 2.52 bits per heavy atom. The summed E-state index contributed by atoms with van der Waals surface area (Å²) >= 11 is 0. The van der Waals surface area contributed by atoms with E-state index in [1.165, 1.54) is 12.1 Å². The van der Waals surface area contributed by atoms with Crippen molar-refractivity contribution in [1.29, 1.82) is 0 Å². The molecule has 1 atom stereocenters. The average molecular weight is 422 g/mol. The molecule has 152 valence electrons. The van der Waals surface area contributed by atoms with Crippen molar-refractivity contribution < 1.29 is 22.3 Å². The highest BCUT2D eigenvalue weighted by atomic mass is 35.5. The van der Waals surface area contributed by atoms with E-state index in [4.69, 9.17) is 4.74 Å². The van der Waals surface area contributed by atoms with Crippen molar-refractivity contribution in [2.45, 2.75) is 36.2 Å². The maximum Gasteiger partial charge on any atom is 0.240 e. The third-order valence-corrected chi connectivity index (χ3v) is 6.25. The molecule has 10 heteroatoms. The summed E-state index contributed by atoms with van der Waals surface area (Å²) < 4.78 is 45.7. The van der Waals surface area contributed by atoms with Crippen LogP contribution < -0.4 is 10.0 Å². The van der Waals surface area contributed by atoms with Gasteiger partial charge in [-0.2, -0.15) is 0 Å². The topological polar surface area (TPSA) is 87.7 Å². The van der Waals surface area contributed by atoms with Gasteiger partial charge in [-0.25, -0.2) is 17.5 Å². The summed E-state index contributed by atoms with van der Waals surface area (Å²) in [6.45, 7) is 3.00. The molecule has 1 unspecified atom stereocenters. The maximum absolute atomic E-state index is 13.0. The molecular formula is C17H25ClFN3O4S. The van der Waals surface area contributed by atoms with Gasteiger partial charge in [0.05, 0.1) is 18.1 Å². The molecule has 0 radical (unpaired) electrons. The van der Waals surface area contributed by atoms with Crippen molar-refractivity contribution in [3.63, 3.8) is 0 Å². The average Bonchev–Trinajstić information content (AvgIpc) is 2.63. The Morgan fingerprint density at radius 2 is 1.93 bits per heavy atom. The molecule has 2 heterocycles. The molecule has 0 saturated carbocycles. The van der Waals surface area contributed by atoms with Crippen LogP contribution >= 0.6 is 12.4 Å². The number of nitrogens with zero attached hydrogens (tertiary/aromatic N) is 1. The Balaban J connectivity index is 0.00000261. The second kappa shape index (κ2) is 9.79. The first-order chi connectivity index (χ1) is 12.4. The molecule has 7 nitrogen and oxygen atoms in total. The largest absolute Gasteiger partial charge is 0.378 e. The lowest BCUT2D eigenvalue weighted by molar-refractivity contribution is -0.133. The SMILES string of the molecule is Cl.O=C(CC1COCCN1)N1CCC(NS(=O)(=O)c2ccc(F)cc2)CC1. The number of piperidine rings is 1. The minimum absolute atomic E-state index is 0. The van der Waals surface area contributed by atoms with Crippen LogP contribution in [0.15, 0.2) is 29.2 Å². The molecule has 2 aliphatic rings. The molecule has 0 bridgehead atoms. The van der Waals surface area contributed by atoms with Gasteiger partial charge in [0.25, 0.3) is 0 Å². The molecule has 0 aliphatic carbocycles. The van der Waals surface area contributed by atoms with E-state index in [0.717, 1.165) is 18.7 Å². The Kier molecular flexibility index (Phi) is 7.99. The van der Waals surface area contributed by atoms with E-state index in [1.807, 2.05) is 0 Å². The van der Waals surface area contributed by atoms with Gasteiger partial charge in [0.2, 0.25) is 15.9 Å². The lowest BCUT2D eigenvalue weighted by Gasteiger charge is -2.33. The van der Waals surface area contributed by atoms with E-state index in [1.54, 1.807) is 4.90 Å². The maximum atomic E-state index is 13.0. The molecule has 0 spiro atoms. The van der Waals surface area contributed by atoms with Crippen molar-refractivity contribution in [2.75, 3.05) is 32.8 Å². The van der Waals surface area contributed by atoms with Crippen LogP contribution in [0.2, 0.25) is 0 Å². The second-order valence-corrected chi connectivity index (χ2v) is 8.37. The van der Waals surface area contributed by atoms with Crippen LogP contribution in [0.1, 0.15) is 19.3 Å². The molecule has 2 fully saturated rings. The van der Waals surface area contributed by atoms with E-state index in [2.05, 4.69) is 10.0 Å². The summed E-state index contributed by atoms with van der Waals surface area (Å²) in [5.74, 6) is -0.415. The predicted molar refractivity (Wildman–Crippen MR) is 101 cm³/mol. The van der Waals surface area contributed by atoms with Gasteiger partial charge in [0, 0.05) is 38.1 Å². The molecule has 1 amide bonds. The quantitative estimate of drug-likeness (QED) is 0.737. The van der Waals surface area contributed by atoms with Gasteiger partial charge in [-0.3, -0.25) is 4.79 Å². The van der Waals surface area contributed by atoms with Crippen molar-refractivity contribution in [3.8, 4) is 0 Å². The van der Waals surface area contributed by atoms with Crippen molar-refractivity contribution in [2.24, 2.45) is 0 Å². The highest BCUT2D eigenvalue weighted by Gasteiger charge is 2.28. The first-order valence-electron chi connectivity index (χ1n) is 8.81. The monoisotopic (exact) mass is 421 g/mol. The number of rotatable bonds is 5. The summed E-state index contributed by atoms with van der Waals surface area (Å²) in [5.41, 5.74) is 0. The molecule has 27 heavy (non-hydrogen) atoms. The summed E-state index contributed by atoms with van der Waals surface area (Å²) in [6.07, 6.45) is 1.51. The number of hydrogen-bond donors (Lipinski definition) is 2. The number of benzene rings is 1. The van der Waals surface area contributed by atoms with Crippen molar-refractivity contribution in [3.05, 3.63) is 30.1 Å². The first kappa shape index (κ1) is 22.0. The Morgan fingerprint density at radius 1 is 1.26 bits per heavy atom. The summed E-state index contributed by atoms with van der Waals surface area (Å²) in [4.78, 5) is 14.2. The van der Waals surface area contributed by atoms with Gasteiger partial charge in [0.1, 0.15) is 5.82 Å². The van der Waals surface area contributed by atoms with Crippen LogP contribution in [0.3, 0.4) is 0 Å². The molecule has 1 aromatic carbocycles. The Hall–Kier alpha value is -1.26. The number of likely N-dealkylation sites (tertiary alicyclic amines) is 1. The molecule has 2 saturated heterocycles. The molecular weight excluding hydrogens is 397 g/mol. The lowest BCUT2D eigenvalue weighted by Crippen LogP contribution is -2.49. The van der Waals surface area contributed by atoms with Gasteiger partial charge < -0.3 is 15.0 Å². The second-order valence-electron chi connectivity index (χ2n) is 6.66. The standard InChI is InChI=1S/C17H24FN3O4S.ClH/c18-13-1-3-16(4-2-13)26(23,24)20-14-5-8-21(9-6-14)17(22)11-15-12-25-10-7-19-15;/h1-4,14-15,19-20H,5-12H2;1H. The van der Waals surface area contributed by atoms with E-state index in [0.29, 0.717) is 45.6 Å². The Labute approximate surface area is 165 Å². The highest BCUT2D eigenvalue weighted by Crippen LogP contribution is 2.16. The smallest absolute Gasteiger partial charge is 0.240 e. The van der Waals surface area contributed by atoms with Crippen LogP contribution in [-0.2, 0) is 19.6 Å². The van der Waals surface area contributed by atoms with Crippen LogP contribution in [-0.4, -0.2) is 64.2 Å². The van der Waals surface area contributed by atoms with Gasteiger partial charge >= 0.3 is 0 Å². The van der Waals surface area contributed by atoms with Crippen LogP contribution in [0, 0.1) is 5.82 Å². The van der Waals surface area contributed by atoms with Gasteiger partial charge in [-0.15, -0.1) is 12.4 Å². The third-order valence-electron chi connectivity index (χ3n) is 4.71. The minimum Gasteiger partial charge on any atom is -0.378 e. The fraction of sp³-hybridized carbons (Fsp3) is 0.588. The van der Waals surface area contributed by atoms with E-state index in [9.17, 15) is 17.6 Å². The van der Waals surface area contributed by atoms with E-state index in [-0.39, 0.29) is 35.3 Å². The predicted octanol–water partition coefficient (Wildman–Crippen LogP) is 0.895. The summed E-state index contributed by atoms with van der Waals surface area (Å²) in [5, 5.41) is 3.26. The number of amides is 1. The van der Waals surface area contributed by atoms with Crippen molar-refractivity contribution in [1.82, 2.24) is 14.9 Å². The summed E-state index contributed by atoms with van der Waals surface area (Å²) in [6, 6.07) is 4.55. The zero-order valence-electron chi connectivity index (χ0n) is 14.9. The fourth-order valence-corrected chi connectivity index (χ4v) is 4.54. The zero-order valence-corrected chi connectivity index (χ0v) is 16.5. The van der Waals surface area contributed by atoms with E-state index < -0.39 is 15.8 Å². The van der Waals surface area contributed by atoms with Gasteiger partial charge in [-0.05, 0) is 37.1 Å². The van der Waals surface area contributed by atoms with Crippen LogP contribution in [0.5, 0.6) is 0 Å². The fourth-order valence-electron chi connectivity index (χ4n) is 3.24. The number of hydrogen-bond acceptors (Lipinski definition) is 5. The van der Waals surface area contributed by atoms with Crippen molar-refractivity contribution >= 4 is 28.3 Å². The number of nitrogens with one attached hydrogen (secondary N) is 2. The molecule has 2 N–H and O–H groups in total. The molecule has 1 aromatic rings. The number of ether oxygens (including phenoxy) is 1. The molecule has 2 aliphatic heterocycles. The zero-order chi connectivity index (χ0) is 18.6. The van der Waals surface area contributed by atoms with E-state index >= 15 is 0 Å². The molecule has 0 aromatic heterocycles. The number of sulfonamides is 1. The minimum atomic E-state index is -3.68. The van der Waals surface area contributed by atoms with Gasteiger partial charge in [0.15, 0.2) is 0 Å². The third kappa shape index (κ3) is 6.11. The van der Waals surface area contributed by atoms with Crippen LogP contribution in [0.4, 0.5) is 4.39 Å². The Bertz CT molecular complexity index is 718. The highest BCUT2D eigenvalue weighted by molar-refractivity contribution is 7.89. The summed E-state index contributed by atoms with van der Waals surface area (Å²) in [7, 11) is -3.68. The number of carbonyl (C=O) groups is 1.